The number of fused-ring (bicyclic) bond motifs is 2. The van der Waals surface area contributed by atoms with Crippen molar-refractivity contribution >= 4 is 11.6 Å². The predicted molar refractivity (Wildman–Crippen MR) is 88.3 cm³/mol. The molecule has 4 nitrogen and oxygen atoms in total. The largest absolute Gasteiger partial charge is 0.385 e. The molecule has 0 saturated carbocycles. The third-order valence-corrected chi connectivity index (χ3v) is 5.51. The van der Waals surface area contributed by atoms with Crippen molar-refractivity contribution in [2.75, 3.05) is 25.0 Å². The van der Waals surface area contributed by atoms with E-state index in [2.05, 4.69) is 21.6 Å². The SMILES string of the molecule is O=C(NC1CCN2CCCCC12)c1cccc2c1CCCN2. The van der Waals surface area contributed by atoms with Crippen LogP contribution in [0.15, 0.2) is 18.2 Å². The fourth-order valence-corrected chi connectivity index (χ4v) is 4.38. The molecule has 2 saturated heterocycles. The second-order valence-corrected chi connectivity index (χ2v) is 6.83. The molecule has 4 heteroatoms. The molecule has 3 aliphatic heterocycles. The molecule has 3 heterocycles. The van der Waals surface area contributed by atoms with Gasteiger partial charge >= 0.3 is 0 Å². The van der Waals surface area contributed by atoms with E-state index in [-0.39, 0.29) is 5.91 Å². The lowest BCUT2D eigenvalue weighted by Crippen LogP contribution is -2.47. The molecule has 0 spiro atoms. The van der Waals surface area contributed by atoms with Gasteiger partial charge in [0.1, 0.15) is 0 Å². The number of hydrogen-bond acceptors (Lipinski definition) is 3. The van der Waals surface area contributed by atoms with E-state index in [1.165, 1.54) is 31.4 Å². The number of piperidine rings is 1. The zero-order chi connectivity index (χ0) is 14.9. The zero-order valence-corrected chi connectivity index (χ0v) is 13.1. The van der Waals surface area contributed by atoms with Gasteiger partial charge in [-0.25, -0.2) is 0 Å². The summed E-state index contributed by atoms with van der Waals surface area (Å²) in [4.78, 5) is 15.4. The molecule has 22 heavy (non-hydrogen) atoms. The average molecular weight is 299 g/mol. The number of amides is 1. The van der Waals surface area contributed by atoms with Crippen LogP contribution >= 0.6 is 0 Å². The number of anilines is 1. The van der Waals surface area contributed by atoms with Crippen LogP contribution in [-0.2, 0) is 6.42 Å². The normalized spacial score (nSPS) is 27.6. The number of carbonyl (C=O) groups excluding carboxylic acids is 1. The Morgan fingerprint density at radius 1 is 1.18 bits per heavy atom. The minimum Gasteiger partial charge on any atom is -0.385 e. The van der Waals surface area contributed by atoms with Gasteiger partial charge in [0, 0.05) is 36.4 Å². The van der Waals surface area contributed by atoms with Crippen LogP contribution < -0.4 is 10.6 Å². The first-order valence-corrected chi connectivity index (χ1v) is 8.73. The topological polar surface area (TPSA) is 44.4 Å². The predicted octanol–water partition coefficient (Wildman–Crippen LogP) is 2.40. The Bertz CT molecular complexity index is 571. The number of carbonyl (C=O) groups is 1. The van der Waals surface area contributed by atoms with Crippen molar-refractivity contribution in [2.45, 2.75) is 50.6 Å². The third-order valence-electron chi connectivity index (χ3n) is 5.51. The summed E-state index contributed by atoms with van der Waals surface area (Å²) in [5.41, 5.74) is 3.22. The van der Waals surface area contributed by atoms with E-state index in [1.54, 1.807) is 0 Å². The summed E-state index contributed by atoms with van der Waals surface area (Å²) in [6, 6.07) is 6.96. The highest BCUT2D eigenvalue weighted by Gasteiger charge is 2.36. The van der Waals surface area contributed by atoms with Crippen LogP contribution in [0.4, 0.5) is 5.69 Å². The van der Waals surface area contributed by atoms with E-state index in [0.717, 1.165) is 43.6 Å². The Hall–Kier alpha value is -1.55. The fourth-order valence-electron chi connectivity index (χ4n) is 4.38. The molecule has 0 radical (unpaired) electrons. The monoisotopic (exact) mass is 299 g/mol. The summed E-state index contributed by atoms with van der Waals surface area (Å²) in [6.07, 6.45) is 7.07. The molecule has 2 unspecified atom stereocenters. The van der Waals surface area contributed by atoms with Gasteiger partial charge in [-0.2, -0.15) is 0 Å². The van der Waals surface area contributed by atoms with Gasteiger partial charge in [0.25, 0.3) is 5.91 Å². The molecule has 0 aromatic heterocycles. The van der Waals surface area contributed by atoms with E-state index in [9.17, 15) is 4.79 Å². The summed E-state index contributed by atoms with van der Waals surface area (Å²) >= 11 is 0. The molecule has 3 aliphatic rings. The molecule has 0 aliphatic carbocycles. The Morgan fingerprint density at radius 2 is 2.14 bits per heavy atom. The molecule has 0 bridgehead atoms. The highest BCUT2D eigenvalue weighted by Crippen LogP contribution is 2.29. The van der Waals surface area contributed by atoms with E-state index < -0.39 is 0 Å². The van der Waals surface area contributed by atoms with Gasteiger partial charge in [0.05, 0.1) is 0 Å². The van der Waals surface area contributed by atoms with Gasteiger partial charge in [0.15, 0.2) is 0 Å². The summed E-state index contributed by atoms with van der Waals surface area (Å²) in [6.45, 7) is 3.36. The van der Waals surface area contributed by atoms with Crippen LogP contribution in [0.2, 0.25) is 0 Å². The van der Waals surface area contributed by atoms with Gasteiger partial charge in [-0.1, -0.05) is 12.5 Å². The molecular formula is C18H25N3O. The summed E-state index contributed by atoms with van der Waals surface area (Å²) in [5.74, 6) is 0.123. The summed E-state index contributed by atoms with van der Waals surface area (Å²) < 4.78 is 0. The lowest BCUT2D eigenvalue weighted by Gasteiger charge is -2.32. The van der Waals surface area contributed by atoms with Crippen molar-refractivity contribution in [3.8, 4) is 0 Å². The van der Waals surface area contributed by atoms with Crippen LogP contribution in [0.25, 0.3) is 0 Å². The first-order chi connectivity index (χ1) is 10.8. The van der Waals surface area contributed by atoms with Crippen molar-refractivity contribution in [3.05, 3.63) is 29.3 Å². The number of hydrogen-bond donors (Lipinski definition) is 2. The lowest BCUT2D eigenvalue weighted by molar-refractivity contribution is 0.0914. The molecule has 1 aromatic carbocycles. The minimum absolute atomic E-state index is 0.123. The molecular weight excluding hydrogens is 274 g/mol. The Kier molecular flexibility index (Phi) is 3.78. The van der Waals surface area contributed by atoms with Gasteiger partial charge in [-0.05, 0) is 56.3 Å². The van der Waals surface area contributed by atoms with E-state index in [0.29, 0.717) is 12.1 Å². The summed E-state index contributed by atoms with van der Waals surface area (Å²) in [5, 5.41) is 6.74. The van der Waals surface area contributed by atoms with E-state index in [4.69, 9.17) is 0 Å². The first kappa shape index (κ1) is 14.1. The van der Waals surface area contributed by atoms with Gasteiger partial charge in [-0.15, -0.1) is 0 Å². The number of nitrogens with one attached hydrogen (secondary N) is 2. The second-order valence-electron chi connectivity index (χ2n) is 6.83. The molecule has 118 valence electrons. The van der Waals surface area contributed by atoms with Gasteiger partial charge in [0.2, 0.25) is 0 Å². The Morgan fingerprint density at radius 3 is 3.09 bits per heavy atom. The highest BCUT2D eigenvalue weighted by atomic mass is 16.1. The fraction of sp³-hybridized carbons (Fsp3) is 0.611. The van der Waals surface area contributed by atoms with Crippen LogP contribution in [0.1, 0.15) is 48.0 Å². The number of benzene rings is 1. The number of nitrogens with zero attached hydrogens (tertiary/aromatic N) is 1. The van der Waals surface area contributed by atoms with Crippen molar-refractivity contribution < 1.29 is 4.79 Å². The van der Waals surface area contributed by atoms with Crippen molar-refractivity contribution in [2.24, 2.45) is 0 Å². The molecule has 2 N–H and O–H groups in total. The quantitative estimate of drug-likeness (QED) is 0.881. The van der Waals surface area contributed by atoms with Crippen LogP contribution in [-0.4, -0.2) is 42.5 Å². The summed E-state index contributed by atoms with van der Waals surface area (Å²) in [7, 11) is 0. The van der Waals surface area contributed by atoms with Crippen molar-refractivity contribution in [3.63, 3.8) is 0 Å². The van der Waals surface area contributed by atoms with Crippen LogP contribution in [0.3, 0.4) is 0 Å². The minimum atomic E-state index is 0.123. The Labute approximate surface area is 132 Å². The van der Waals surface area contributed by atoms with Gasteiger partial charge in [-0.3, -0.25) is 9.69 Å². The maximum atomic E-state index is 12.8. The standard InChI is InChI=1S/C18H25N3O/c22-18(14-5-3-7-15-13(14)6-4-10-19-15)20-16-9-12-21-11-2-1-8-17(16)21/h3,5,7,16-17,19H,1-2,4,6,8-12H2,(H,20,22). The van der Waals surface area contributed by atoms with E-state index >= 15 is 0 Å². The molecule has 4 rings (SSSR count). The van der Waals surface area contributed by atoms with Gasteiger partial charge < -0.3 is 10.6 Å². The van der Waals surface area contributed by atoms with Crippen molar-refractivity contribution in [1.29, 1.82) is 0 Å². The second kappa shape index (κ2) is 5.92. The molecule has 1 aromatic rings. The van der Waals surface area contributed by atoms with Crippen molar-refractivity contribution in [1.82, 2.24) is 10.2 Å². The Balaban J connectivity index is 1.51. The molecule has 2 atom stereocenters. The lowest BCUT2D eigenvalue weighted by atomic mass is 9.95. The maximum Gasteiger partial charge on any atom is 0.251 e. The number of rotatable bonds is 2. The third kappa shape index (κ3) is 2.50. The first-order valence-electron chi connectivity index (χ1n) is 8.73. The average Bonchev–Trinajstić information content (AvgIpc) is 2.97. The molecule has 1 amide bonds. The zero-order valence-electron chi connectivity index (χ0n) is 13.1. The highest BCUT2D eigenvalue weighted by molar-refractivity contribution is 5.97. The smallest absolute Gasteiger partial charge is 0.251 e. The molecule has 2 fully saturated rings. The van der Waals surface area contributed by atoms with Crippen LogP contribution in [0.5, 0.6) is 0 Å². The van der Waals surface area contributed by atoms with E-state index in [1.807, 2.05) is 12.1 Å². The maximum absolute atomic E-state index is 12.8. The van der Waals surface area contributed by atoms with Crippen LogP contribution in [0, 0.1) is 0 Å².